The molecule has 4 nitrogen and oxygen atoms in total. The molecular formula is C41H76N2O2. The van der Waals surface area contributed by atoms with E-state index in [0.717, 1.165) is 44.9 Å². The Morgan fingerprint density at radius 2 is 0.733 bits per heavy atom. The summed E-state index contributed by atoms with van der Waals surface area (Å²) >= 11 is 0. The lowest BCUT2D eigenvalue weighted by atomic mass is 10.1. The Hall–Kier alpha value is -1.58. The van der Waals surface area contributed by atoms with Gasteiger partial charge in [0.1, 0.15) is 0 Å². The Bertz CT molecular complexity index is 671. The Balaban J connectivity index is 1.89. The van der Waals surface area contributed by atoms with Gasteiger partial charge in [0.05, 0.1) is 0 Å². The molecule has 2 amide bonds. The largest absolute Gasteiger partial charge is 0.353 e. The number of unbranched alkanes of at least 4 members (excludes halogenated alkanes) is 22. The number of allylic oxidation sites excluding steroid dienone is 4. The van der Waals surface area contributed by atoms with Gasteiger partial charge in [-0.2, -0.15) is 0 Å². The van der Waals surface area contributed by atoms with Gasteiger partial charge in [-0.1, -0.05) is 141 Å². The number of rotatable bonds is 32. The van der Waals surface area contributed by atoms with Crippen molar-refractivity contribution in [2.45, 2.75) is 225 Å². The average Bonchev–Trinajstić information content (AvgIpc) is 3.47. The molecule has 0 aromatic heterocycles. The maximum absolute atomic E-state index is 12.4. The number of carbonyl (C=O) groups is 2. The highest BCUT2D eigenvalue weighted by atomic mass is 16.2. The predicted molar refractivity (Wildman–Crippen MR) is 197 cm³/mol. The minimum absolute atomic E-state index is 0.192. The molecule has 0 aromatic rings. The molecule has 0 spiro atoms. The van der Waals surface area contributed by atoms with Crippen molar-refractivity contribution < 1.29 is 9.59 Å². The zero-order valence-electron chi connectivity index (χ0n) is 30.2. The quantitative estimate of drug-likeness (QED) is 0.0575. The SMILES string of the molecule is CCCCCCCC/C=C\CCCCCCCC(=O)N[C@@H]1CC[C@H](NC(=O)CCCCCCC/C=C\CCCCCCCC)C1. The van der Waals surface area contributed by atoms with E-state index < -0.39 is 0 Å². The van der Waals surface area contributed by atoms with Crippen LogP contribution in [0.4, 0.5) is 0 Å². The van der Waals surface area contributed by atoms with Crippen LogP contribution in [0.5, 0.6) is 0 Å². The van der Waals surface area contributed by atoms with Crippen molar-refractivity contribution in [2.24, 2.45) is 0 Å². The van der Waals surface area contributed by atoms with Crippen LogP contribution >= 0.6 is 0 Å². The van der Waals surface area contributed by atoms with Gasteiger partial charge in [-0.25, -0.2) is 0 Å². The summed E-state index contributed by atoms with van der Waals surface area (Å²) in [6.45, 7) is 4.55. The van der Waals surface area contributed by atoms with Crippen molar-refractivity contribution in [1.29, 1.82) is 0 Å². The third-order valence-corrected chi connectivity index (χ3v) is 9.49. The maximum atomic E-state index is 12.4. The summed E-state index contributed by atoms with van der Waals surface area (Å²) in [6, 6.07) is 0.455. The van der Waals surface area contributed by atoms with Gasteiger partial charge in [0.2, 0.25) is 11.8 Å². The van der Waals surface area contributed by atoms with E-state index in [1.807, 2.05) is 0 Å². The molecule has 45 heavy (non-hydrogen) atoms. The van der Waals surface area contributed by atoms with Crippen molar-refractivity contribution in [1.82, 2.24) is 10.6 Å². The molecule has 0 radical (unpaired) electrons. The molecule has 0 bridgehead atoms. The number of nitrogens with one attached hydrogen (secondary N) is 2. The molecule has 0 heterocycles. The van der Waals surface area contributed by atoms with Crippen LogP contribution in [-0.2, 0) is 9.59 Å². The third-order valence-electron chi connectivity index (χ3n) is 9.49. The fraction of sp³-hybridized carbons (Fsp3) is 0.854. The number of hydrogen-bond donors (Lipinski definition) is 2. The first-order valence-corrected chi connectivity index (χ1v) is 20.0. The fourth-order valence-corrected chi connectivity index (χ4v) is 6.56. The molecule has 4 heteroatoms. The van der Waals surface area contributed by atoms with Crippen LogP contribution in [0.3, 0.4) is 0 Å². The van der Waals surface area contributed by atoms with Crippen LogP contribution in [-0.4, -0.2) is 23.9 Å². The molecule has 0 saturated heterocycles. The van der Waals surface area contributed by atoms with E-state index in [0.29, 0.717) is 12.8 Å². The molecule has 0 unspecified atom stereocenters. The summed E-state index contributed by atoms with van der Waals surface area (Å²) < 4.78 is 0. The van der Waals surface area contributed by atoms with Gasteiger partial charge in [0.15, 0.2) is 0 Å². The minimum atomic E-state index is 0.192. The van der Waals surface area contributed by atoms with E-state index in [1.165, 1.54) is 141 Å². The number of amides is 2. The summed E-state index contributed by atoms with van der Waals surface area (Å²) in [5, 5.41) is 6.45. The van der Waals surface area contributed by atoms with Gasteiger partial charge in [0, 0.05) is 24.9 Å². The molecule has 1 aliphatic carbocycles. The summed E-state index contributed by atoms with van der Waals surface area (Å²) in [7, 11) is 0. The summed E-state index contributed by atoms with van der Waals surface area (Å²) in [5.74, 6) is 0.385. The topological polar surface area (TPSA) is 58.2 Å². The van der Waals surface area contributed by atoms with Crippen LogP contribution in [0.15, 0.2) is 24.3 Å². The summed E-state index contributed by atoms with van der Waals surface area (Å²) in [6.07, 6.45) is 46.8. The molecule has 2 N–H and O–H groups in total. The van der Waals surface area contributed by atoms with E-state index in [1.54, 1.807) is 0 Å². The highest BCUT2D eigenvalue weighted by Gasteiger charge is 2.26. The molecular weight excluding hydrogens is 552 g/mol. The fourth-order valence-electron chi connectivity index (χ4n) is 6.56. The Morgan fingerprint density at radius 3 is 1.07 bits per heavy atom. The molecule has 2 atom stereocenters. The van der Waals surface area contributed by atoms with E-state index in [9.17, 15) is 9.59 Å². The zero-order chi connectivity index (χ0) is 32.5. The number of hydrogen-bond acceptors (Lipinski definition) is 2. The first-order valence-electron chi connectivity index (χ1n) is 20.0. The van der Waals surface area contributed by atoms with Crippen LogP contribution in [0, 0.1) is 0 Å². The Labute approximate surface area is 280 Å². The van der Waals surface area contributed by atoms with Gasteiger partial charge in [0.25, 0.3) is 0 Å². The first-order chi connectivity index (χ1) is 22.2. The van der Waals surface area contributed by atoms with Gasteiger partial charge in [-0.05, 0) is 83.5 Å². The van der Waals surface area contributed by atoms with Crippen molar-refractivity contribution in [3.63, 3.8) is 0 Å². The normalized spacial score (nSPS) is 16.7. The van der Waals surface area contributed by atoms with Crippen LogP contribution < -0.4 is 10.6 Å². The van der Waals surface area contributed by atoms with Gasteiger partial charge >= 0.3 is 0 Å². The second-order valence-corrected chi connectivity index (χ2v) is 14.0. The van der Waals surface area contributed by atoms with Gasteiger partial charge in [-0.3, -0.25) is 9.59 Å². The second-order valence-electron chi connectivity index (χ2n) is 14.0. The molecule has 1 fully saturated rings. The Morgan fingerprint density at radius 1 is 0.444 bits per heavy atom. The van der Waals surface area contributed by atoms with Crippen molar-refractivity contribution >= 4 is 11.8 Å². The van der Waals surface area contributed by atoms with E-state index in [4.69, 9.17) is 0 Å². The highest BCUT2D eigenvalue weighted by Crippen LogP contribution is 2.20. The minimum Gasteiger partial charge on any atom is -0.353 e. The molecule has 262 valence electrons. The average molecular weight is 629 g/mol. The lowest BCUT2D eigenvalue weighted by Gasteiger charge is -2.15. The highest BCUT2D eigenvalue weighted by molar-refractivity contribution is 5.77. The zero-order valence-corrected chi connectivity index (χ0v) is 30.2. The lowest BCUT2D eigenvalue weighted by Crippen LogP contribution is -2.37. The second kappa shape index (κ2) is 32.4. The van der Waals surface area contributed by atoms with E-state index in [-0.39, 0.29) is 23.9 Å². The summed E-state index contributed by atoms with van der Waals surface area (Å²) in [5.41, 5.74) is 0. The van der Waals surface area contributed by atoms with Gasteiger partial charge < -0.3 is 10.6 Å². The molecule has 1 saturated carbocycles. The molecule has 1 aliphatic rings. The van der Waals surface area contributed by atoms with E-state index in [2.05, 4.69) is 48.8 Å². The Kier molecular flexibility index (Phi) is 29.8. The predicted octanol–water partition coefficient (Wildman–Crippen LogP) is 12.2. The van der Waals surface area contributed by atoms with Crippen molar-refractivity contribution in [2.75, 3.05) is 0 Å². The maximum Gasteiger partial charge on any atom is 0.220 e. The molecule has 0 aliphatic heterocycles. The smallest absolute Gasteiger partial charge is 0.220 e. The molecule has 0 aromatic carbocycles. The van der Waals surface area contributed by atoms with Gasteiger partial charge in [-0.15, -0.1) is 0 Å². The standard InChI is InChI=1S/C41H76N2O2/c1-3-5-7-9-11-13-15-17-19-21-23-25-27-29-31-33-40(44)42-38-35-36-39(37-38)43-41(45)34-32-30-28-26-24-22-20-18-16-14-12-10-8-6-4-2/h17-20,38-39H,3-16,21-37H2,1-2H3,(H,42,44)(H,43,45)/b19-17-,20-18-/t38-,39+. The van der Waals surface area contributed by atoms with E-state index >= 15 is 0 Å². The monoisotopic (exact) mass is 629 g/mol. The molecule has 1 rings (SSSR count). The van der Waals surface area contributed by atoms with Crippen LogP contribution in [0.2, 0.25) is 0 Å². The summed E-state index contributed by atoms with van der Waals surface area (Å²) in [4.78, 5) is 24.8. The lowest BCUT2D eigenvalue weighted by molar-refractivity contribution is -0.122. The first kappa shape index (κ1) is 41.4. The number of carbonyl (C=O) groups excluding carboxylic acids is 2. The third kappa shape index (κ3) is 28.4. The van der Waals surface area contributed by atoms with Crippen molar-refractivity contribution in [3.05, 3.63) is 24.3 Å². The van der Waals surface area contributed by atoms with Crippen molar-refractivity contribution in [3.8, 4) is 0 Å². The van der Waals surface area contributed by atoms with Crippen LogP contribution in [0.1, 0.15) is 213 Å². The van der Waals surface area contributed by atoms with Crippen LogP contribution in [0.25, 0.3) is 0 Å².